The summed E-state index contributed by atoms with van der Waals surface area (Å²) >= 11 is 0. The van der Waals surface area contributed by atoms with E-state index in [-0.39, 0.29) is 0 Å². The van der Waals surface area contributed by atoms with Crippen molar-refractivity contribution < 1.29 is 9.47 Å². The lowest BCUT2D eigenvalue weighted by molar-refractivity contribution is 0.00939. The molecule has 0 aliphatic heterocycles. The van der Waals surface area contributed by atoms with Crippen LogP contribution in [0, 0.1) is 47.3 Å². The summed E-state index contributed by atoms with van der Waals surface area (Å²) in [6.45, 7) is 0.965. The van der Waals surface area contributed by atoms with E-state index in [4.69, 9.17) is 9.47 Å². The number of hydrogen-bond acceptors (Lipinski definition) is 3. The Labute approximate surface area is 137 Å². The average Bonchev–Trinajstić information content (AvgIpc) is 3.12. The van der Waals surface area contributed by atoms with Gasteiger partial charge in [0.05, 0.1) is 14.2 Å². The molecule has 0 heterocycles. The second-order valence-corrected chi connectivity index (χ2v) is 8.53. The molecular weight excluding hydrogens is 286 g/mol. The molecule has 2 bridgehead atoms. The van der Waals surface area contributed by atoms with Crippen LogP contribution in [0.25, 0.3) is 0 Å². The van der Waals surface area contributed by atoms with Gasteiger partial charge in [-0.1, -0.05) is 6.07 Å². The summed E-state index contributed by atoms with van der Waals surface area (Å²) in [5.74, 6) is 10.3. The summed E-state index contributed by atoms with van der Waals surface area (Å²) in [5, 5.41) is 3.97. The average molecular weight is 311 g/mol. The third-order valence-corrected chi connectivity index (χ3v) is 8.31. The first kappa shape index (κ1) is 13.1. The molecule has 5 saturated carbocycles. The topological polar surface area (TPSA) is 30.5 Å². The summed E-state index contributed by atoms with van der Waals surface area (Å²) < 4.78 is 10.8. The Morgan fingerprint density at radius 2 is 1.61 bits per heavy atom. The Morgan fingerprint density at radius 1 is 0.870 bits per heavy atom. The number of methoxy groups -OCH3 is 2. The quantitative estimate of drug-likeness (QED) is 0.907. The van der Waals surface area contributed by atoms with E-state index in [0.29, 0.717) is 0 Å². The largest absolute Gasteiger partial charge is 0.493 e. The van der Waals surface area contributed by atoms with Crippen molar-refractivity contribution in [3.63, 3.8) is 0 Å². The smallest absolute Gasteiger partial charge is 0.161 e. The Kier molecular flexibility index (Phi) is 2.42. The van der Waals surface area contributed by atoms with Crippen LogP contribution in [-0.2, 0) is 6.54 Å². The lowest BCUT2D eigenvalue weighted by Gasteiger charge is -2.48. The number of hydrogen-bond donors (Lipinski definition) is 1. The van der Waals surface area contributed by atoms with Crippen LogP contribution in [-0.4, -0.2) is 20.3 Å². The molecule has 1 N–H and O–H groups in total. The summed E-state index contributed by atoms with van der Waals surface area (Å²) in [6, 6.07) is 7.11. The molecule has 3 nitrogen and oxygen atoms in total. The standard InChI is InChI=1S/C20H25NO2/c1-22-14-4-3-9(5-15(14)23-2)8-21-20-17-11-7-12-16-10(11)6-13(17)18(16)19(12)20/h3-5,10-13,16-21H,6-8H2,1-2H3/t10-,11-,12+,13+,16+,17-,18-,19-,20-/m0/s1. The zero-order chi connectivity index (χ0) is 15.3. The SMILES string of the molecule is COc1ccc(CN[C@H]2[C@@H]3[C@H]4C[C@H]5[C@@H]3C[C@@H]3[C@@H]5[C@H]4[C@H]32)cc1OC. The van der Waals surface area contributed by atoms with Crippen LogP contribution in [0.15, 0.2) is 18.2 Å². The van der Waals surface area contributed by atoms with E-state index in [1.165, 1.54) is 5.56 Å². The number of nitrogens with one attached hydrogen (secondary N) is 1. The van der Waals surface area contributed by atoms with Crippen molar-refractivity contribution in [2.24, 2.45) is 47.3 Å². The summed E-state index contributed by atoms with van der Waals surface area (Å²) in [7, 11) is 3.41. The molecule has 0 saturated heterocycles. The van der Waals surface area contributed by atoms with Crippen LogP contribution in [0.5, 0.6) is 11.5 Å². The van der Waals surface area contributed by atoms with E-state index in [1.807, 2.05) is 6.07 Å². The first-order valence-corrected chi connectivity index (χ1v) is 9.26. The second kappa shape index (κ2) is 4.24. The van der Waals surface area contributed by atoms with E-state index in [9.17, 15) is 0 Å². The van der Waals surface area contributed by atoms with Gasteiger partial charge in [-0.25, -0.2) is 0 Å². The van der Waals surface area contributed by atoms with Gasteiger partial charge in [0.25, 0.3) is 0 Å². The first-order chi connectivity index (χ1) is 11.3. The molecule has 1 aromatic rings. The Morgan fingerprint density at radius 3 is 2.39 bits per heavy atom. The molecule has 122 valence electrons. The molecule has 23 heavy (non-hydrogen) atoms. The van der Waals surface area contributed by atoms with Crippen molar-refractivity contribution in [3.8, 4) is 11.5 Å². The zero-order valence-electron chi connectivity index (χ0n) is 13.9. The predicted molar refractivity (Wildman–Crippen MR) is 87.3 cm³/mol. The number of ether oxygens (including phenoxy) is 2. The van der Waals surface area contributed by atoms with Crippen molar-refractivity contribution >= 4 is 0 Å². The van der Waals surface area contributed by atoms with Gasteiger partial charge < -0.3 is 14.8 Å². The molecule has 0 unspecified atom stereocenters. The van der Waals surface area contributed by atoms with Crippen molar-refractivity contribution in [3.05, 3.63) is 23.8 Å². The van der Waals surface area contributed by atoms with Gasteiger partial charge in [0.2, 0.25) is 0 Å². The minimum Gasteiger partial charge on any atom is -0.493 e. The van der Waals surface area contributed by atoms with Crippen LogP contribution < -0.4 is 14.8 Å². The van der Waals surface area contributed by atoms with Gasteiger partial charge in [0.1, 0.15) is 0 Å². The molecule has 0 amide bonds. The first-order valence-electron chi connectivity index (χ1n) is 9.26. The van der Waals surface area contributed by atoms with Gasteiger partial charge in [-0.05, 0) is 77.9 Å². The number of benzene rings is 1. The van der Waals surface area contributed by atoms with Crippen LogP contribution in [0.4, 0.5) is 0 Å². The molecule has 5 aliphatic rings. The Balaban J connectivity index is 1.22. The van der Waals surface area contributed by atoms with Crippen molar-refractivity contribution in [1.29, 1.82) is 0 Å². The van der Waals surface area contributed by atoms with E-state index in [1.54, 1.807) is 27.1 Å². The lowest BCUT2D eigenvalue weighted by atomic mass is 9.59. The maximum atomic E-state index is 5.44. The van der Waals surface area contributed by atoms with Gasteiger partial charge >= 0.3 is 0 Å². The number of rotatable bonds is 5. The summed E-state index contributed by atoms with van der Waals surface area (Å²) in [4.78, 5) is 0. The molecule has 5 aliphatic carbocycles. The van der Waals surface area contributed by atoms with E-state index < -0.39 is 0 Å². The van der Waals surface area contributed by atoms with Gasteiger partial charge in [-0.15, -0.1) is 0 Å². The highest BCUT2D eigenvalue weighted by atomic mass is 16.5. The minimum absolute atomic E-state index is 0.797. The third-order valence-electron chi connectivity index (χ3n) is 8.31. The monoisotopic (exact) mass is 311 g/mol. The van der Waals surface area contributed by atoms with Gasteiger partial charge in [-0.3, -0.25) is 0 Å². The van der Waals surface area contributed by atoms with Crippen molar-refractivity contribution in [1.82, 2.24) is 5.32 Å². The van der Waals surface area contributed by atoms with Gasteiger partial charge in [-0.2, -0.15) is 0 Å². The van der Waals surface area contributed by atoms with Crippen LogP contribution >= 0.6 is 0 Å². The molecular formula is C20H25NO2. The van der Waals surface area contributed by atoms with Crippen molar-refractivity contribution in [2.45, 2.75) is 25.4 Å². The van der Waals surface area contributed by atoms with E-state index >= 15 is 0 Å². The predicted octanol–water partition coefficient (Wildman–Crippen LogP) is 2.94. The third kappa shape index (κ3) is 1.38. The highest BCUT2D eigenvalue weighted by Crippen LogP contribution is 2.82. The highest BCUT2D eigenvalue weighted by Gasteiger charge is 2.80. The molecule has 5 fully saturated rings. The molecule has 3 heteroatoms. The highest BCUT2D eigenvalue weighted by molar-refractivity contribution is 5.43. The van der Waals surface area contributed by atoms with Crippen LogP contribution in [0.2, 0.25) is 0 Å². The molecule has 9 atom stereocenters. The van der Waals surface area contributed by atoms with E-state index in [0.717, 1.165) is 71.4 Å². The Hall–Kier alpha value is -1.22. The van der Waals surface area contributed by atoms with Crippen molar-refractivity contribution in [2.75, 3.05) is 14.2 Å². The maximum Gasteiger partial charge on any atom is 0.161 e. The second-order valence-electron chi connectivity index (χ2n) is 8.53. The molecule has 6 rings (SSSR count). The molecule has 0 aromatic heterocycles. The maximum absolute atomic E-state index is 5.44. The molecule has 1 aromatic carbocycles. The lowest BCUT2D eigenvalue weighted by Crippen LogP contribution is -2.51. The molecule has 0 spiro atoms. The van der Waals surface area contributed by atoms with Gasteiger partial charge in [0.15, 0.2) is 11.5 Å². The van der Waals surface area contributed by atoms with Crippen LogP contribution in [0.3, 0.4) is 0 Å². The minimum atomic E-state index is 0.797. The fourth-order valence-electron chi connectivity index (χ4n) is 7.97. The normalized spacial score (nSPS) is 49.7. The summed E-state index contributed by atoms with van der Waals surface area (Å²) in [5.41, 5.74) is 1.31. The fraction of sp³-hybridized carbons (Fsp3) is 0.700. The number of fused-ring (bicyclic) bond motifs is 2. The fourth-order valence-corrected chi connectivity index (χ4v) is 7.97. The van der Waals surface area contributed by atoms with Crippen LogP contribution in [0.1, 0.15) is 18.4 Å². The molecule has 0 radical (unpaired) electrons. The van der Waals surface area contributed by atoms with Gasteiger partial charge in [0, 0.05) is 12.6 Å². The Bertz CT molecular complexity index is 668. The zero-order valence-corrected chi connectivity index (χ0v) is 13.9. The van der Waals surface area contributed by atoms with E-state index in [2.05, 4.69) is 17.4 Å². The summed E-state index contributed by atoms with van der Waals surface area (Å²) in [6.07, 6.45) is 3.15.